The molecule has 3 aromatic rings. The Morgan fingerprint density at radius 2 is 1.65 bits per heavy atom. The van der Waals surface area contributed by atoms with Gasteiger partial charge in [-0.05, 0) is 29.3 Å². The molecular weight excluding hydrogens is 330 g/mol. The molecule has 2 aromatic carbocycles. The molecule has 1 heterocycles. The van der Waals surface area contributed by atoms with E-state index in [1.54, 1.807) is 30.3 Å². The molecule has 0 aliphatic rings. The zero-order valence-corrected chi connectivity index (χ0v) is 14.1. The van der Waals surface area contributed by atoms with Gasteiger partial charge in [-0.2, -0.15) is 0 Å². The Kier molecular flexibility index (Phi) is 4.66. The highest BCUT2D eigenvalue weighted by Gasteiger charge is 2.07. The van der Waals surface area contributed by atoms with E-state index in [9.17, 15) is 14.4 Å². The van der Waals surface area contributed by atoms with Crippen LogP contribution in [0.1, 0.15) is 21.5 Å². The van der Waals surface area contributed by atoms with E-state index in [-0.39, 0.29) is 21.8 Å². The number of carbonyl (C=O) groups is 1. The molecule has 6 nitrogen and oxygen atoms in total. The maximum atomic E-state index is 12.6. The Morgan fingerprint density at radius 3 is 2.35 bits per heavy atom. The molecule has 26 heavy (non-hydrogen) atoms. The van der Waals surface area contributed by atoms with Crippen LogP contribution in [0.3, 0.4) is 0 Å². The van der Waals surface area contributed by atoms with Crippen molar-refractivity contribution in [3.63, 3.8) is 0 Å². The van der Waals surface area contributed by atoms with Crippen LogP contribution in [-0.4, -0.2) is 15.5 Å². The van der Waals surface area contributed by atoms with Gasteiger partial charge in [-0.1, -0.05) is 48.5 Å². The number of nitrogens with zero attached hydrogens (tertiary/aromatic N) is 1. The Labute approximate surface area is 148 Å². The number of amides is 1. The Hall–Kier alpha value is -3.67. The lowest BCUT2D eigenvalue weighted by molar-refractivity contribution is 0.1000. The van der Waals surface area contributed by atoms with Gasteiger partial charge < -0.3 is 15.3 Å². The van der Waals surface area contributed by atoms with Gasteiger partial charge in [-0.25, -0.2) is 0 Å². The average Bonchev–Trinajstić information content (AvgIpc) is 2.64. The van der Waals surface area contributed by atoms with Crippen molar-refractivity contribution in [1.29, 1.82) is 0 Å². The summed E-state index contributed by atoms with van der Waals surface area (Å²) in [6, 6.07) is 15.9. The number of H-pyrrole nitrogens is 1. The number of rotatable bonds is 3. The van der Waals surface area contributed by atoms with Gasteiger partial charge in [-0.3, -0.25) is 14.4 Å². The van der Waals surface area contributed by atoms with Crippen LogP contribution in [0.4, 0.5) is 0 Å². The van der Waals surface area contributed by atoms with Crippen molar-refractivity contribution in [2.75, 3.05) is 0 Å². The fourth-order valence-electron chi connectivity index (χ4n) is 2.65. The van der Waals surface area contributed by atoms with Crippen molar-refractivity contribution < 1.29 is 4.79 Å². The highest BCUT2D eigenvalue weighted by Crippen LogP contribution is 2.08. The van der Waals surface area contributed by atoms with Crippen molar-refractivity contribution in [2.24, 2.45) is 12.8 Å². The molecule has 0 aliphatic carbocycles. The smallest absolute Gasteiger partial charge is 0.274 e. The van der Waals surface area contributed by atoms with Gasteiger partial charge in [0.2, 0.25) is 5.91 Å². The summed E-state index contributed by atoms with van der Waals surface area (Å²) in [4.78, 5) is 39.3. The molecule has 0 radical (unpaired) electrons. The fraction of sp³-hybridized carbons (Fsp3) is 0.0500. The van der Waals surface area contributed by atoms with Crippen LogP contribution >= 0.6 is 0 Å². The first-order valence-corrected chi connectivity index (χ1v) is 7.94. The standard InChI is InChI=1S/C20H17N3O3/c1-23-17(12-14-9-5-6-10-15(14)18(21)24)19(25)22-16(20(23)26)11-13-7-3-2-4-8-13/h2-12H,1H3,(H2,21,24)(H,22,25)/b16-11-,17-12-. The minimum atomic E-state index is -0.604. The monoisotopic (exact) mass is 347 g/mol. The number of aromatic nitrogens is 2. The topological polar surface area (TPSA) is 97.9 Å². The highest BCUT2D eigenvalue weighted by molar-refractivity contribution is 5.96. The van der Waals surface area contributed by atoms with E-state index in [4.69, 9.17) is 5.73 Å². The van der Waals surface area contributed by atoms with E-state index in [0.29, 0.717) is 5.56 Å². The second-order valence-corrected chi connectivity index (χ2v) is 5.77. The average molecular weight is 347 g/mol. The third kappa shape index (κ3) is 3.39. The van der Waals surface area contributed by atoms with Gasteiger partial charge in [0.15, 0.2) is 0 Å². The van der Waals surface area contributed by atoms with Crippen LogP contribution in [0.2, 0.25) is 0 Å². The molecule has 6 heteroatoms. The molecule has 0 atom stereocenters. The predicted octanol–water partition coefficient (Wildman–Crippen LogP) is -0.170. The molecule has 0 aliphatic heterocycles. The lowest BCUT2D eigenvalue weighted by Crippen LogP contribution is -2.52. The molecule has 3 N–H and O–H groups in total. The van der Waals surface area contributed by atoms with E-state index in [1.165, 1.54) is 17.7 Å². The molecule has 1 amide bonds. The van der Waals surface area contributed by atoms with Crippen molar-refractivity contribution in [3.8, 4) is 0 Å². The largest absolute Gasteiger partial charge is 0.366 e. The van der Waals surface area contributed by atoms with Crippen LogP contribution < -0.4 is 27.6 Å². The van der Waals surface area contributed by atoms with Crippen LogP contribution in [0.15, 0.2) is 64.2 Å². The molecule has 0 bridgehead atoms. The van der Waals surface area contributed by atoms with E-state index in [1.807, 2.05) is 30.3 Å². The minimum Gasteiger partial charge on any atom is -0.366 e. The zero-order valence-electron chi connectivity index (χ0n) is 14.1. The van der Waals surface area contributed by atoms with E-state index in [0.717, 1.165) is 5.56 Å². The molecule has 1 aromatic heterocycles. The lowest BCUT2D eigenvalue weighted by atomic mass is 10.1. The summed E-state index contributed by atoms with van der Waals surface area (Å²) in [5.74, 6) is -0.604. The first-order chi connectivity index (χ1) is 12.5. The number of carbonyl (C=O) groups excluding carboxylic acids is 1. The van der Waals surface area contributed by atoms with Crippen LogP contribution in [-0.2, 0) is 7.05 Å². The van der Waals surface area contributed by atoms with E-state index >= 15 is 0 Å². The summed E-state index contributed by atoms with van der Waals surface area (Å²) in [7, 11) is 1.51. The van der Waals surface area contributed by atoms with Crippen LogP contribution in [0.5, 0.6) is 0 Å². The molecule has 0 unspecified atom stereocenters. The highest BCUT2D eigenvalue weighted by atomic mass is 16.1. The number of benzene rings is 2. The molecular formula is C20H17N3O3. The number of nitrogens with one attached hydrogen (secondary N) is 1. The number of hydrogen-bond acceptors (Lipinski definition) is 3. The summed E-state index contributed by atoms with van der Waals surface area (Å²) in [6.07, 6.45) is 3.09. The van der Waals surface area contributed by atoms with Gasteiger partial charge >= 0.3 is 0 Å². The molecule has 0 spiro atoms. The third-order valence-corrected chi connectivity index (χ3v) is 4.01. The first-order valence-electron chi connectivity index (χ1n) is 7.94. The number of hydrogen-bond donors (Lipinski definition) is 2. The SMILES string of the molecule is Cn1c(=O)/c(=C/c2ccccc2)[nH]c(=O)/c1=C/c1ccccc1C(N)=O. The first kappa shape index (κ1) is 17.2. The predicted molar refractivity (Wildman–Crippen MR) is 100 cm³/mol. The second-order valence-electron chi connectivity index (χ2n) is 5.77. The Balaban J connectivity index is 2.26. The third-order valence-electron chi connectivity index (χ3n) is 4.01. The van der Waals surface area contributed by atoms with Gasteiger partial charge in [0.05, 0.1) is 0 Å². The van der Waals surface area contributed by atoms with E-state index < -0.39 is 11.5 Å². The second kappa shape index (κ2) is 7.06. The number of primary amides is 1. The van der Waals surface area contributed by atoms with Crippen molar-refractivity contribution in [1.82, 2.24) is 9.55 Å². The van der Waals surface area contributed by atoms with Crippen LogP contribution in [0.25, 0.3) is 12.2 Å². The number of aromatic amines is 1. The summed E-state index contributed by atoms with van der Waals surface area (Å²) < 4.78 is 1.26. The Morgan fingerprint density at radius 1 is 1.00 bits per heavy atom. The summed E-state index contributed by atoms with van der Waals surface area (Å²) >= 11 is 0. The minimum absolute atomic E-state index is 0.133. The van der Waals surface area contributed by atoms with Gasteiger partial charge in [0, 0.05) is 12.6 Å². The molecule has 0 saturated heterocycles. The van der Waals surface area contributed by atoms with E-state index in [2.05, 4.69) is 4.98 Å². The van der Waals surface area contributed by atoms with Crippen LogP contribution in [0, 0.1) is 0 Å². The number of nitrogens with two attached hydrogens (primary N) is 1. The van der Waals surface area contributed by atoms with Crippen molar-refractivity contribution in [2.45, 2.75) is 0 Å². The fourth-order valence-corrected chi connectivity index (χ4v) is 2.65. The van der Waals surface area contributed by atoms with Gasteiger partial charge in [0.1, 0.15) is 10.7 Å². The van der Waals surface area contributed by atoms with Gasteiger partial charge in [0.25, 0.3) is 11.1 Å². The molecule has 3 rings (SSSR count). The quantitative estimate of drug-likeness (QED) is 0.688. The summed E-state index contributed by atoms with van der Waals surface area (Å²) in [5, 5.41) is 0.318. The molecule has 130 valence electrons. The zero-order chi connectivity index (χ0) is 18.7. The maximum Gasteiger partial charge on any atom is 0.274 e. The summed E-state index contributed by atoms with van der Waals surface area (Å²) in [6.45, 7) is 0. The summed E-state index contributed by atoms with van der Waals surface area (Å²) in [5.41, 5.74) is 6.13. The Bertz CT molecular complexity index is 1210. The lowest BCUT2D eigenvalue weighted by Gasteiger charge is -2.03. The molecule has 0 saturated carbocycles. The maximum absolute atomic E-state index is 12.6. The normalized spacial score (nSPS) is 12.3. The molecule has 0 fully saturated rings. The van der Waals surface area contributed by atoms with Crippen molar-refractivity contribution >= 4 is 18.1 Å². The van der Waals surface area contributed by atoms with Gasteiger partial charge in [-0.15, -0.1) is 0 Å². The van der Waals surface area contributed by atoms with Crippen molar-refractivity contribution in [3.05, 3.63) is 103 Å².